The third kappa shape index (κ3) is 3.06. The summed E-state index contributed by atoms with van der Waals surface area (Å²) < 4.78 is 0. The highest BCUT2D eigenvalue weighted by Gasteiger charge is 2.30. The van der Waals surface area contributed by atoms with Gasteiger partial charge in [0.2, 0.25) is 10.9 Å². The van der Waals surface area contributed by atoms with Crippen LogP contribution in [0.2, 0.25) is 0 Å². The molecule has 0 aliphatic rings. The molecular weight excluding hydrogens is 240 g/mol. The Morgan fingerprint density at radius 1 is 1.16 bits per heavy atom. The van der Waals surface area contributed by atoms with Gasteiger partial charge < -0.3 is 10.2 Å². The van der Waals surface area contributed by atoms with Crippen LogP contribution in [-0.2, 0) is 0 Å². The lowest BCUT2D eigenvalue weighted by molar-refractivity contribution is 0.285. The predicted molar refractivity (Wildman–Crippen MR) is 81.0 cm³/mol. The zero-order valence-corrected chi connectivity index (χ0v) is 13.1. The minimum absolute atomic E-state index is 0.0956. The first kappa shape index (κ1) is 15.9. The molecule has 0 spiro atoms. The third-order valence-corrected chi connectivity index (χ3v) is 3.73. The van der Waals surface area contributed by atoms with E-state index in [1.54, 1.807) is 0 Å². The van der Waals surface area contributed by atoms with Crippen molar-refractivity contribution >= 4 is 5.69 Å². The van der Waals surface area contributed by atoms with Gasteiger partial charge in [-0.2, -0.15) is 0 Å². The Balaban J connectivity index is 2.97. The summed E-state index contributed by atoms with van der Waals surface area (Å²) in [6.07, 6.45) is 0. The molecule has 4 nitrogen and oxygen atoms in total. The van der Waals surface area contributed by atoms with Crippen LogP contribution in [0.25, 0.3) is 0 Å². The molecule has 4 heteroatoms. The van der Waals surface area contributed by atoms with Crippen LogP contribution in [0.3, 0.4) is 0 Å². The van der Waals surface area contributed by atoms with E-state index >= 15 is 0 Å². The standard InChI is InChI=1S/C15H26N2O2/c1-9(2)11-12(14(19)13(11)18)17(7)8-10(16-6)15(3,4)5/h9-10,16H,8H2,1-7H3. The summed E-state index contributed by atoms with van der Waals surface area (Å²) in [5.41, 5.74) is 0.725. The lowest BCUT2D eigenvalue weighted by atomic mass is 9.86. The highest BCUT2D eigenvalue weighted by atomic mass is 16.2. The quantitative estimate of drug-likeness (QED) is 0.820. The molecule has 1 unspecified atom stereocenters. The zero-order valence-electron chi connectivity index (χ0n) is 13.1. The van der Waals surface area contributed by atoms with Crippen molar-refractivity contribution < 1.29 is 0 Å². The van der Waals surface area contributed by atoms with Crippen LogP contribution in [-0.4, -0.2) is 26.7 Å². The van der Waals surface area contributed by atoms with Crippen molar-refractivity contribution in [1.82, 2.24) is 5.32 Å². The average molecular weight is 266 g/mol. The number of nitrogens with zero attached hydrogens (tertiary/aromatic N) is 1. The second-order valence-corrected chi connectivity index (χ2v) is 6.66. The minimum atomic E-state index is -0.338. The molecular formula is C15H26N2O2. The summed E-state index contributed by atoms with van der Waals surface area (Å²) in [4.78, 5) is 25.3. The van der Waals surface area contributed by atoms with Crippen molar-refractivity contribution in [1.29, 1.82) is 0 Å². The molecule has 0 aromatic heterocycles. The first-order valence-electron chi connectivity index (χ1n) is 6.82. The second kappa shape index (κ2) is 5.45. The van der Waals surface area contributed by atoms with Crippen molar-refractivity contribution in [2.75, 3.05) is 25.5 Å². The third-order valence-electron chi connectivity index (χ3n) is 3.73. The first-order chi connectivity index (χ1) is 8.61. The van der Waals surface area contributed by atoms with Crippen molar-refractivity contribution in [3.05, 3.63) is 26.0 Å². The Morgan fingerprint density at radius 3 is 2.05 bits per heavy atom. The molecule has 0 saturated carbocycles. The van der Waals surface area contributed by atoms with E-state index in [9.17, 15) is 9.59 Å². The van der Waals surface area contributed by atoms with Gasteiger partial charge in [0.15, 0.2) is 0 Å². The lowest BCUT2D eigenvalue weighted by Gasteiger charge is -2.35. The number of anilines is 1. The maximum atomic E-state index is 11.8. The molecule has 19 heavy (non-hydrogen) atoms. The molecule has 1 aromatic rings. The average Bonchev–Trinajstić information content (AvgIpc) is 2.28. The van der Waals surface area contributed by atoms with Gasteiger partial charge in [-0.3, -0.25) is 9.59 Å². The van der Waals surface area contributed by atoms with Crippen molar-refractivity contribution in [2.45, 2.75) is 46.6 Å². The van der Waals surface area contributed by atoms with Gasteiger partial charge in [-0.1, -0.05) is 34.6 Å². The van der Waals surface area contributed by atoms with Crippen LogP contribution in [0.15, 0.2) is 9.59 Å². The molecule has 1 rings (SSSR count). The molecule has 1 N–H and O–H groups in total. The number of hydrogen-bond donors (Lipinski definition) is 1. The molecule has 0 aliphatic heterocycles. The number of hydrogen-bond acceptors (Lipinski definition) is 4. The fourth-order valence-electron chi connectivity index (χ4n) is 2.48. The summed E-state index contributed by atoms with van der Waals surface area (Å²) in [5.74, 6) is 0.102. The Kier molecular flexibility index (Phi) is 4.56. The SMILES string of the molecule is CNC(CN(C)c1c(C(C)C)c(=O)c1=O)C(C)(C)C. The summed E-state index contributed by atoms with van der Waals surface area (Å²) in [6.45, 7) is 11.1. The maximum absolute atomic E-state index is 11.8. The van der Waals surface area contributed by atoms with Crippen molar-refractivity contribution in [3.63, 3.8) is 0 Å². The van der Waals surface area contributed by atoms with Gasteiger partial charge in [0, 0.05) is 25.2 Å². The van der Waals surface area contributed by atoms with Crippen LogP contribution >= 0.6 is 0 Å². The number of rotatable bonds is 5. The van der Waals surface area contributed by atoms with Gasteiger partial charge in [-0.05, 0) is 18.4 Å². The van der Waals surface area contributed by atoms with Crippen LogP contribution in [0.5, 0.6) is 0 Å². The van der Waals surface area contributed by atoms with Gasteiger partial charge in [0.25, 0.3) is 0 Å². The summed E-state index contributed by atoms with van der Waals surface area (Å²) in [6, 6.07) is 0.252. The molecule has 0 amide bonds. The molecule has 0 aliphatic carbocycles. The van der Waals surface area contributed by atoms with Crippen LogP contribution in [0.1, 0.15) is 46.1 Å². The minimum Gasteiger partial charge on any atom is -0.369 e. The number of nitrogens with one attached hydrogen (secondary N) is 1. The zero-order chi connectivity index (χ0) is 15.0. The van der Waals surface area contributed by atoms with E-state index in [0.717, 1.165) is 0 Å². The van der Waals surface area contributed by atoms with E-state index in [0.29, 0.717) is 17.8 Å². The summed E-state index contributed by atoms with van der Waals surface area (Å²) in [7, 11) is 3.81. The van der Waals surface area contributed by atoms with Crippen molar-refractivity contribution in [3.8, 4) is 0 Å². The van der Waals surface area contributed by atoms with E-state index in [-0.39, 0.29) is 28.2 Å². The lowest BCUT2D eigenvalue weighted by Crippen LogP contribution is -2.50. The smallest absolute Gasteiger partial charge is 0.249 e. The van der Waals surface area contributed by atoms with Crippen LogP contribution < -0.4 is 21.1 Å². The Hall–Kier alpha value is -1.16. The fourth-order valence-corrected chi connectivity index (χ4v) is 2.48. The molecule has 0 heterocycles. The Morgan fingerprint density at radius 2 is 1.68 bits per heavy atom. The molecule has 0 saturated heterocycles. The fraction of sp³-hybridized carbons (Fsp3) is 0.733. The second-order valence-electron chi connectivity index (χ2n) is 6.66. The summed E-state index contributed by atoms with van der Waals surface area (Å²) in [5, 5.41) is 3.29. The largest absolute Gasteiger partial charge is 0.369 e. The normalized spacial score (nSPS) is 14.1. The number of likely N-dealkylation sites (N-methyl/N-ethyl adjacent to an activating group) is 2. The highest BCUT2D eigenvalue weighted by Crippen LogP contribution is 2.25. The van der Waals surface area contributed by atoms with E-state index in [4.69, 9.17) is 0 Å². The van der Waals surface area contributed by atoms with Gasteiger partial charge >= 0.3 is 0 Å². The molecule has 0 radical (unpaired) electrons. The molecule has 108 valence electrons. The van der Waals surface area contributed by atoms with Crippen molar-refractivity contribution in [2.24, 2.45) is 5.41 Å². The first-order valence-corrected chi connectivity index (χ1v) is 6.82. The topological polar surface area (TPSA) is 49.4 Å². The van der Waals surface area contributed by atoms with E-state index in [1.165, 1.54) is 0 Å². The molecule has 0 bridgehead atoms. The van der Waals surface area contributed by atoms with Gasteiger partial charge in [0.05, 0.1) is 5.69 Å². The van der Waals surface area contributed by atoms with E-state index in [2.05, 4.69) is 26.1 Å². The molecule has 0 fully saturated rings. The monoisotopic (exact) mass is 266 g/mol. The molecule has 1 atom stereocenters. The van der Waals surface area contributed by atoms with Gasteiger partial charge in [-0.15, -0.1) is 0 Å². The Bertz CT molecular complexity index is 505. The van der Waals surface area contributed by atoms with E-state index in [1.807, 2.05) is 32.8 Å². The van der Waals surface area contributed by atoms with Gasteiger partial charge in [-0.25, -0.2) is 0 Å². The maximum Gasteiger partial charge on any atom is 0.249 e. The predicted octanol–water partition coefficient (Wildman–Crippen LogP) is 1.48. The Labute approximate surface area is 115 Å². The van der Waals surface area contributed by atoms with E-state index < -0.39 is 0 Å². The van der Waals surface area contributed by atoms with Gasteiger partial charge in [0.1, 0.15) is 0 Å². The highest BCUT2D eigenvalue weighted by molar-refractivity contribution is 5.59. The summed E-state index contributed by atoms with van der Waals surface area (Å²) >= 11 is 0. The molecule has 1 aromatic carbocycles. The van der Waals surface area contributed by atoms with Crippen LogP contribution in [0.4, 0.5) is 5.69 Å². The van der Waals surface area contributed by atoms with Crippen LogP contribution in [0, 0.1) is 5.41 Å².